The third-order valence-electron chi connectivity index (χ3n) is 2.35. The first-order valence-electron chi connectivity index (χ1n) is 4.23. The monoisotopic (exact) mass is 220 g/mol. The summed E-state index contributed by atoms with van der Waals surface area (Å²) < 4.78 is 10.8. The molecule has 2 atom stereocenters. The van der Waals surface area contributed by atoms with Crippen LogP contribution in [0.3, 0.4) is 0 Å². The predicted molar refractivity (Wildman–Crippen MR) is 46.0 cm³/mol. The lowest BCUT2D eigenvalue weighted by atomic mass is 10.2. The molecule has 11 heavy (non-hydrogen) atoms. The van der Waals surface area contributed by atoms with Gasteiger partial charge in [0, 0.05) is 4.83 Å². The van der Waals surface area contributed by atoms with Crippen molar-refractivity contribution in [2.45, 2.75) is 36.3 Å². The zero-order valence-electron chi connectivity index (χ0n) is 6.46. The van der Waals surface area contributed by atoms with Crippen LogP contribution in [0.25, 0.3) is 0 Å². The maximum absolute atomic E-state index is 5.79. The second-order valence-electron chi connectivity index (χ2n) is 3.28. The molecule has 0 spiro atoms. The molecule has 2 fully saturated rings. The summed E-state index contributed by atoms with van der Waals surface area (Å²) in [7, 11) is 0. The Kier molecular flexibility index (Phi) is 2.49. The van der Waals surface area contributed by atoms with E-state index in [0.717, 1.165) is 13.2 Å². The first kappa shape index (κ1) is 8.02. The second kappa shape index (κ2) is 3.42. The van der Waals surface area contributed by atoms with Crippen molar-refractivity contribution in [3.05, 3.63) is 0 Å². The number of ether oxygens (including phenoxy) is 2. The summed E-state index contributed by atoms with van der Waals surface area (Å²) in [6, 6.07) is 0. The third kappa shape index (κ3) is 1.76. The fourth-order valence-corrected chi connectivity index (χ4v) is 2.29. The van der Waals surface area contributed by atoms with Gasteiger partial charge in [0.15, 0.2) is 0 Å². The van der Waals surface area contributed by atoms with E-state index in [-0.39, 0.29) is 0 Å². The van der Waals surface area contributed by atoms with Crippen molar-refractivity contribution in [2.75, 3.05) is 13.2 Å². The number of rotatable bonds is 2. The Labute approximate surface area is 75.4 Å². The Balaban J connectivity index is 1.75. The molecule has 1 aliphatic heterocycles. The lowest BCUT2D eigenvalue weighted by Crippen LogP contribution is -2.40. The molecule has 1 saturated carbocycles. The molecule has 2 rings (SSSR count). The van der Waals surface area contributed by atoms with Crippen LogP contribution >= 0.6 is 15.9 Å². The average Bonchev–Trinajstić information content (AvgIpc) is 2.27. The van der Waals surface area contributed by atoms with Gasteiger partial charge in [0.1, 0.15) is 6.10 Å². The van der Waals surface area contributed by atoms with Crippen LogP contribution in [-0.4, -0.2) is 30.2 Å². The summed E-state index contributed by atoms with van der Waals surface area (Å²) in [5.74, 6) is 0. The highest BCUT2D eigenvalue weighted by atomic mass is 79.9. The SMILES string of the molecule is BrC1CCCC1OC1COC1. The fourth-order valence-electron chi connectivity index (χ4n) is 1.57. The van der Waals surface area contributed by atoms with Gasteiger partial charge in [-0.05, 0) is 19.3 Å². The first-order valence-corrected chi connectivity index (χ1v) is 5.15. The number of hydrogen-bond acceptors (Lipinski definition) is 2. The molecule has 0 bridgehead atoms. The van der Waals surface area contributed by atoms with Crippen LogP contribution < -0.4 is 0 Å². The molecule has 0 N–H and O–H groups in total. The van der Waals surface area contributed by atoms with Crippen molar-refractivity contribution < 1.29 is 9.47 Å². The van der Waals surface area contributed by atoms with Crippen molar-refractivity contribution in [1.29, 1.82) is 0 Å². The highest BCUT2D eigenvalue weighted by Crippen LogP contribution is 2.29. The quantitative estimate of drug-likeness (QED) is 0.661. The Bertz CT molecular complexity index is 136. The Morgan fingerprint density at radius 2 is 2.09 bits per heavy atom. The van der Waals surface area contributed by atoms with Crippen LogP contribution in [0.1, 0.15) is 19.3 Å². The summed E-state index contributed by atoms with van der Waals surface area (Å²) in [4.78, 5) is 0.586. The largest absolute Gasteiger partial charge is 0.376 e. The molecule has 0 amide bonds. The van der Waals surface area contributed by atoms with Gasteiger partial charge in [-0.2, -0.15) is 0 Å². The number of alkyl halides is 1. The lowest BCUT2D eigenvalue weighted by molar-refractivity contribution is -0.151. The molecular weight excluding hydrogens is 208 g/mol. The molecule has 1 heterocycles. The summed E-state index contributed by atoms with van der Waals surface area (Å²) in [6.07, 6.45) is 4.61. The van der Waals surface area contributed by atoms with Crippen LogP contribution in [0.4, 0.5) is 0 Å². The first-order chi connectivity index (χ1) is 5.36. The zero-order chi connectivity index (χ0) is 7.68. The van der Waals surface area contributed by atoms with Crippen LogP contribution in [0, 0.1) is 0 Å². The molecule has 3 heteroatoms. The van der Waals surface area contributed by atoms with Gasteiger partial charge in [-0.15, -0.1) is 0 Å². The molecule has 2 aliphatic rings. The van der Waals surface area contributed by atoms with E-state index in [2.05, 4.69) is 15.9 Å². The molecule has 0 radical (unpaired) electrons. The van der Waals surface area contributed by atoms with Crippen LogP contribution in [0.5, 0.6) is 0 Å². The lowest BCUT2D eigenvalue weighted by Gasteiger charge is -2.30. The molecule has 2 unspecified atom stereocenters. The Morgan fingerprint density at radius 3 is 2.55 bits per heavy atom. The highest BCUT2D eigenvalue weighted by Gasteiger charge is 2.30. The Morgan fingerprint density at radius 1 is 1.27 bits per heavy atom. The fraction of sp³-hybridized carbons (Fsp3) is 1.00. The molecule has 0 aromatic carbocycles. The number of halogens is 1. The molecule has 1 aliphatic carbocycles. The topological polar surface area (TPSA) is 18.5 Å². The number of hydrogen-bond donors (Lipinski definition) is 0. The maximum atomic E-state index is 5.79. The van der Waals surface area contributed by atoms with Gasteiger partial charge in [0.25, 0.3) is 0 Å². The standard InChI is InChI=1S/C8H13BrO2/c9-7-2-1-3-8(7)11-6-4-10-5-6/h6-8H,1-5H2. The predicted octanol–water partition coefficient (Wildman–Crippen LogP) is 1.72. The minimum atomic E-state index is 0.387. The highest BCUT2D eigenvalue weighted by molar-refractivity contribution is 9.09. The molecule has 2 nitrogen and oxygen atoms in total. The minimum Gasteiger partial charge on any atom is -0.376 e. The van der Waals surface area contributed by atoms with E-state index in [0.29, 0.717) is 17.0 Å². The van der Waals surface area contributed by atoms with Crippen LogP contribution in [-0.2, 0) is 9.47 Å². The summed E-state index contributed by atoms with van der Waals surface area (Å²) in [5, 5.41) is 0. The van der Waals surface area contributed by atoms with Gasteiger partial charge in [-0.25, -0.2) is 0 Å². The molecule has 0 aromatic heterocycles. The van der Waals surface area contributed by atoms with Crippen molar-refractivity contribution in [2.24, 2.45) is 0 Å². The van der Waals surface area contributed by atoms with Crippen LogP contribution in [0.15, 0.2) is 0 Å². The maximum Gasteiger partial charge on any atom is 0.105 e. The van der Waals surface area contributed by atoms with E-state index >= 15 is 0 Å². The minimum absolute atomic E-state index is 0.387. The van der Waals surface area contributed by atoms with Gasteiger partial charge < -0.3 is 9.47 Å². The Hall–Kier alpha value is 0.400. The second-order valence-corrected chi connectivity index (χ2v) is 4.46. The summed E-state index contributed by atoms with van der Waals surface area (Å²) >= 11 is 3.62. The molecular formula is C8H13BrO2. The van der Waals surface area contributed by atoms with Gasteiger partial charge in [0.2, 0.25) is 0 Å². The van der Waals surface area contributed by atoms with Gasteiger partial charge in [-0.1, -0.05) is 15.9 Å². The van der Waals surface area contributed by atoms with Crippen molar-refractivity contribution in [3.63, 3.8) is 0 Å². The van der Waals surface area contributed by atoms with Crippen molar-refractivity contribution in [3.8, 4) is 0 Å². The van der Waals surface area contributed by atoms with E-state index in [9.17, 15) is 0 Å². The van der Waals surface area contributed by atoms with Gasteiger partial charge in [-0.3, -0.25) is 0 Å². The van der Waals surface area contributed by atoms with Gasteiger partial charge in [0.05, 0.1) is 19.3 Å². The summed E-state index contributed by atoms with van der Waals surface area (Å²) in [6.45, 7) is 1.60. The summed E-state index contributed by atoms with van der Waals surface area (Å²) in [5.41, 5.74) is 0. The smallest absolute Gasteiger partial charge is 0.105 e. The molecule has 1 saturated heterocycles. The van der Waals surface area contributed by atoms with Gasteiger partial charge >= 0.3 is 0 Å². The van der Waals surface area contributed by atoms with Crippen LogP contribution in [0.2, 0.25) is 0 Å². The van der Waals surface area contributed by atoms with E-state index in [1.807, 2.05) is 0 Å². The van der Waals surface area contributed by atoms with E-state index < -0.39 is 0 Å². The zero-order valence-corrected chi connectivity index (χ0v) is 8.05. The molecule has 0 aromatic rings. The normalized spacial score (nSPS) is 39.0. The third-order valence-corrected chi connectivity index (χ3v) is 3.39. The van der Waals surface area contributed by atoms with E-state index in [1.54, 1.807) is 0 Å². The van der Waals surface area contributed by atoms with E-state index in [4.69, 9.17) is 9.47 Å². The van der Waals surface area contributed by atoms with Crippen molar-refractivity contribution >= 4 is 15.9 Å². The average molecular weight is 221 g/mol. The van der Waals surface area contributed by atoms with E-state index in [1.165, 1.54) is 19.3 Å². The van der Waals surface area contributed by atoms with Crippen molar-refractivity contribution in [1.82, 2.24) is 0 Å². The molecule has 64 valence electrons.